The van der Waals surface area contributed by atoms with E-state index in [-0.39, 0.29) is 5.89 Å². The number of carbonyl (C=O) groups is 1. The highest BCUT2D eigenvalue weighted by molar-refractivity contribution is 5.88. The molecule has 0 radical (unpaired) electrons. The van der Waals surface area contributed by atoms with Gasteiger partial charge in [-0.15, -0.1) is 0 Å². The van der Waals surface area contributed by atoms with Crippen LogP contribution in [0, 0.1) is 0 Å². The van der Waals surface area contributed by atoms with Crippen LogP contribution in [-0.4, -0.2) is 16.1 Å². The number of fused-ring (bicyclic) bond motifs is 1. The maximum Gasteiger partial charge on any atom is 0.392 e. The van der Waals surface area contributed by atoms with E-state index in [1.165, 1.54) is 5.56 Å². The van der Waals surface area contributed by atoms with Crippen molar-refractivity contribution >= 4 is 17.1 Å². The van der Waals surface area contributed by atoms with Crippen molar-refractivity contribution in [1.29, 1.82) is 0 Å². The summed E-state index contributed by atoms with van der Waals surface area (Å²) in [7, 11) is 0. The molecule has 0 saturated heterocycles. The van der Waals surface area contributed by atoms with Gasteiger partial charge < -0.3 is 9.52 Å². The lowest BCUT2D eigenvalue weighted by Gasteiger charge is -2.05. The van der Waals surface area contributed by atoms with Gasteiger partial charge in [0.2, 0.25) is 0 Å². The Labute approximate surface area is 138 Å². The Morgan fingerprint density at radius 1 is 0.792 bits per heavy atom. The summed E-state index contributed by atoms with van der Waals surface area (Å²) >= 11 is 0. The quantitative estimate of drug-likeness (QED) is 0.586. The summed E-state index contributed by atoms with van der Waals surface area (Å²) in [6.45, 7) is 0. The molecule has 0 saturated carbocycles. The molecule has 116 valence electrons. The molecule has 4 aromatic rings. The second-order valence-corrected chi connectivity index (χ2v) is 5.45. The van der Waals surface area contributed by atoms with Crippen molar-refractivity contribution in [3.05, 3.63) is 78.7 Å². The fourth-order valence-electron chi connectivity index (χ4n) is 2.68. The molecule has 0 aliphatic rings. The first kappa shape index (κ1) is 14.2. The minimum absolute atomic E-state index is 0.290. The largest absolute Gasteiger partial charge is 0.474 e. The predicted octanol–water partition coefficient (Wildman–Crippen LogP) is 4.86. The van der Waals surface area contributed by atoms with E-state index in [4.69, 9.17) is 9.52 Å². The van der Waals surface area contributed by atoms with Gasteiger partial charge in [-0.2, -0.15) is 0 Å². The van der Waals surface area contributed by atoms with Crippen LogP contribution in [0.3, 0.4) is 0 Å². The van der Waals surface area contributed by atoms with E-state index < -0.39 is 5.97 Å². The average Bonchev–Trinajstić information content (AvgIpc) is 3.06. The van der Waals surface area contributed by atoms with Crippen molar-refractivity contribution in [1.82, 2.24) is 4.98 Å². The fourth-order valence-corrected chi connectivity index (χ4v) is 2.68. The van der Waals surface area contributed by atoms with E-state index in [1.807, 2.05) is 42.5 Å². The van der Waals surface area contributed by atoms with Crippen molar-refractivity contribution in [3.8, 4) is 22.3 Å². The van der Waals surface area contributed by atoms with Crippen molar-refractivity contribution in [3.63, 3.8) is 0 Å². The summed E-state index contributed by atoms with van der Waals surface area (Å²) in [6.07, 6.45) is 0. The van der Waals surface area contributed by atoms with Crippen LogP contribution in [0.25, 0.3) is 33.4 Å². The number of nitrogens with zero attached hydrogens (tertiary/aromatic N) is 1. The number of carboxylic acid groups (broad SMARTS) is 1. The van der Waals surface area contributed by atoms with Crippen molar-refractivity contribution in [2.45, 2.75) is 0 Å². The van der Waals surface area contributed by atoms with Crippen LogP contribution in [0.4, 0.5) is 0 Å². The van der Waals surface area contributed by atoms with Gasteiger partial charge in [0.25, 0.3) is 0 Å². The van der Waals surface area contributed by atoms with Crippen molar-refractivity contribution in [2.75, 3.05) is 0 Å². The molecule has 3 aromatic carbocycles. The Hall–Kier alpha value is -3.40. The molecule has 4 nitrogen and oxygen atoms in total. The number of aromatic carboxylic acids is 1. The number of hydrogen-bond acceptors (Lipinski definition) is 3. The lowest BCUT2D eigenvalue weighted by Crippen LogP contribution is -1.94. The van der Waals surface area contributed by atoms with Crippen LogP contribution < -0.4 is 0 Å². The van der Waals surface area contributed by atoms with Gasteiger partial charge in [-0.05, 0) is 34.4 Å². The SMILES string of the molecule is O=C(O)c1nc2cc(-c3ccc(-c4ccccc4)cc3)ccc2o1. The Bertz CT molecular complexity index is 1020. The number of oxazole rings is 1. The molecule has 0 aliphatic carbocycles. The van der Waals surface area contributed by atoms with E-state index in [9.17, 15) is 4.79 Å². The topological polar surface area (TPSA) is 63.3 Å². The third-order valence-corrected chi connectivity index (χ3v) is 3.90. The predicted molar refractivity (Wildman–Crippen MR) is 91.8 cm³/mol. The van der Waals surface area contributed by atoms with E-state index in [1.54, 1.807) is 6.07 Å². The Balaban J connectivity index is 1.70. The third kappa shape index (κ3) is 2.54. The molecule has 0 unspecified atom stereocenters. The van der Waals surface area contributed by atoms with Crippen molar-refractivity contribution in [2.24, 2.45) is 0 Å². The lowest BCUT2D eigenvalue weighted by atomic mass is 10.0. The number of aromatic nitrogens is 1. The molecule has 0 atom stereocenters. The first-order valence-electron chi connectivity index (χ1n) is 7.50. The molecule has 4 heteroatoms. The van der Waals surface area contributed by atoms with Gasteiger partial charge >= 0.3 is 11.9 Å². The molecular weight excluding hydrogens is 302 g/mol. The van der Waals surface area contributed by atoms with E-state index >= 15 is 0 Å². The molecule has 0 aliphatic heterocycles. The van der Waals surface area contributed by atoms with E-state index in [0.717, 1.165) is 16.7 Å². The van der Waals surface area contributed by atoms with Gasteiger partial charge in [-0.1, -0.05) is 60.7 Å². The van der Waals surface area contributed by atoms with Crippen LogP contribution >= 0.6 is 0 Å². The summed E-state index contributed by atoms with van der Waals surface area (Å²) < 4.78 is 5.19. The van der Waals surface area contributed by atoms with Crippen LogP contribution in [0.1, 0.15) is 10.7 Å². The van der Waals surface area contributed by atoms with Gasteiger partial charge in [0.1, 0.15) is 5.52 Å². The van der Waals surface area contributed by atoms with Gasteiger partial charge in [-0.3, -0.25) is 0 Å². The van der Waals surface area contributed by atoms with Crippen molar-refractivity contribution < 1.29 is 14.3 Å². The normalized spacial score (nSPS) is 10.8. The second kappa shape index (κ2) is 5.66. The highest BCUT2D eigenvalue weighted by Gasteiger charge is 2.13. The van der Waals surface area contributed by atoms with E-state index in [2.05, 4.69) is 29.2 Å². The minimum atomic E-state index is -1.17. The molecule has 0 fully saturated rings. The second-order valence-electron chi connectivity index (χ2n) is 5.45. The van der Waals surface area contributed by atoms with Crippen LogP contribution in [0.5, 0.6) is 0 Å². The zero-order valence-corrected chi connectivity index (χ0v) is 12.6. The van der Waals surface area contributed by atoms with Crippen LogP contribution in [-0.2, 0) is 0 Å². The molecule has 1 aromatic heterocycles. The molecule has 1 heterocycles. The number of hydrogen-bond donors (Lipinski definition) is 1. The van der Waals surface area contributed by atoms with Gasteiger partial charge in [-0.25, -0.2) is 9.78 Å². The number of benzene rings is 3. The van der Waals surface area contributed by atoms with Gasteiger partial charge in [0, 0.05) is 0 Å². The average molecular weight is 315 g/mol. The zero-order valence-electron chi connectivity index (χ0n) is 12.6. The molecule has 24 heavy (non-hydrogen) atoms. The maximum absolute atomic E-state index is 10.9. The molecule has 1 N–H and O–H groups in total. The Kier molecular flexibility index (Phi) is 3.35. The summed E-state index contributed by atoms with van der Waals surface area (Å²) in [6, 6.07) is 23.9. The number of rotatable bonds is 3. The molecular formula is C20H13NO3. The molecule has 4 rings (SSSR count). The zero-order chi connectivity index (χ0) is 16.5. The lowest BCUT2D eigenvalue weighted by molar-refractivity contribution is 0.0656. The molecule has 0 bridgehead atoms. The third-order valence-electron chi connectivity index (χ3n) is 3.90. The van der Waals surface area contributed by atoms with Gasteiger partial charge in [0.05, 0.1) is 0 Å². The molecule has 0 spiro atoms. The molecule has 0 amide bonds. The smallest absolute Gasteiger partial charge is 0.392 e. The highest BCUT2D eigenvalue weighted by Crippen LogP contribution is 2.27. The maximum atomic E-state index is 10.9. The van der Waals surface area contributed by atoms with E-state index in [0.29, 0.717) is 11.1 Å². The van der Waals surface area contributed by atoms with Crippen LogP contribution in [0.15, 0.2) is 77.2 Å². The Morgan fingerprint density at radius 2 is 1.38 bits per heavy atom. The summed E-state index contributed by atoms with van der Waals surface area (Å²) in [5.74, 6) is -1.46. The Morgan fingerprint density at radius 3 is 2.04 bits per heavy atom. The minimum Gasteiger partial charge on any atom is -0.474 e. The number of carboxylic acids is 1. The summed E-state index contributed by atoms with van der Waals surface area (Å²) in [5, 5.41) is 8.95. The standard InChI is InChI=1S/C20H13NO3/c22-20(23)19-21-17-12-16(10-11-18(17)24-19)15-8-6-14(7-9-15)13-4-2-1-3-5-13/h1-12H,(H,22,23). The summed E-state index contributed by atoms with van der Waals surface area (Å²) in [4.78, 5) is 14.9. The fraction of sp³-hybridized carbons (Fsp3) is 0. The monoisotopic (exact) mass is 315 g/mol. The first-order valence-corrected chi connectivity index (χ1v) is 7.50. The summed E-state index contributed by atoms with van der Waals surface area (Å²) in [5.41, 5.74) is 5.33. The first-order chi connectivity index (χ1) is 11.7. The van der Waals surface area contributed by atoms with Crippen LogP contribution in [0.2, 0.25) is 0 Å². The van der Waals surface area contributed by atoms with Gasteiger partial charge in [0.15, 0.2) is 5.58 Å². The highest BCUT2D eigenvalue weighted by atomic mass is 16.4.